The molecule has 0 aromatic carbocycles. The zero-order valence-electron chi connectivity index (χ0n) is 9.58. The first kappa shape index (κ1) is 10.9. The molecule has 15 heavy (non-hydrogen) atoms. The number of hydrogen-bond acceptors (Lipinski definition) is 4. The molecule has 2 heterocycles. The summed E-state index contributed by atoms with van der Waals surface area (Å²) in [7, 11) is 0. The second-order valence-electron chi connectivity index (χ2n) is 5.10. The molecular formula is C11H20N2O2. The number of cyclic esters (lactones) is 1. The molecule has 0 spiro atoms. The highest BCUT2D eigenvalue weighted by Crippen LogP contribution is 2.25. The van der Waals surface area contributed by atoms with Crippen LogP contribution in [0.5, 0.6) is 0 Å². The van der Waals surface area contributed by atoms with Gasteiger partial charge in [0.1, 0.15) is 6.61 Å². The number of ether oxygens (including phenoxy) is 1. The van der Waals surface area contributed by atoms with Gasteiger partial charge in [-0.1, -0.05) is 0 Å². The predicted octanol–water partition coefficient (Wildman–Crippen LogP) is 0.376. The first-order valence-corrected chi connectivity index (χ1v) is 5.73. The Hall–Kier alpha value is -0.610. The van der Waals surface area contributed by atoms with Crippen LogP contribution in [0.1, 0.15) is 26.7 Å². The van der Waals surface area contributed by atoms with E-state index < -0.39 is 0 Å². The minimum Gasteiger partial charge on any atom is -0.463 e. The number of nitrogens with zero attached hydrogens (tertiary/aromatic N) is 1. The van der Waals surface area contributed by atoms with Crippen LogP contribution in [0.4, 0.5) is 0 Å². The molecule has 1 atom stereocenters. The van der Waals surface area contributed by atoms with Crippen molar-refractivity contribution in [3.05, 3.63) is 0 Å². The Kier molecular flexibility index (Phi) is 2.98. The highest BCUT2D eigenvalue weighted by molar-refractivity contribution is 5.72. The van der Waals surface area contributed by atoms with Crippen LogP contribution >= 0.6 is 0 Å². The van der Waals surface area contributed by atoms with Crippen LogP contribution in [0, 0.1) is 0 Å². The van der Waals surface area contributed by atoms with Gasteiger partial charge in [-0.3, -0.25) is 9.69 Å². The quantitative estimate of drug-likeness (QED) is 0.638. The SMILES string of the molecule is CC1(C)COC(=O)CN1C1CCCNC1. The van der Waals surface area contributed by atoms with Crippen molar-refractivity contribution in [1.29, 1.82) is 0 Å². The van der Waals surface area contributed by atoms with Crippen LogP contribution < -0.4 is 5.32 Å². The van der Waals surface area contributed by atoms with E-state index in [-0.39, 0.29) is 11.5 Å². The smallest absolute Gasteiger partial charge is 0.320 e. The third-order valence-corrected chi connectivity index (χ3v) is 3.37. The standard InChI is InChI=1S/C11H20N2O2/c1-11(2)8-15-10(14)7-13(11)9-4-3-5-12-6-9/h9,12H,3-8H2,1-2H3. The van der Waals surface area contributed by atoms with Gasteiger partial charge in [-0.05, 0) is 33.2 Å². The summed E-state index contributed by atoms with van der Waals surface area (Å²) in [6.07, 6.45) is 2.38. The molecule has 1 unspecified atom stereocenters. The number of esters is 1. The molecule has 2 rings (SSSR count). The second-order valence-corrected chi connectivity index (χ2v) is 5.10. The molecule has 2 aliphatic heterocycles. The molecule has 0 aromatic heterocycles. The third-order valence-electron chi connectivity index (χ3n) is 3.37. The number of carbonyl (C=O) groups is 1. The van der Waals surface area contributed by atoms with E-state index in [0.717, 1.165) is 13.1 Å². The van der Waals surface area contributed by atoms with Gasteiger partial charge in [0.05, 0.1) is 12.1 Å². The average Bonchev–Trinajstić information content (AvgIpc) is 2.23. The lowest BCUT2D eigenvalue weighted by Gasteiger charge is -2.46. The van der Waals surface area contributed by atoms with E-state index in [2.05, 4.69) is 24.1 Å². The Bertz CT molecular complexity index is 247. The molecule has 0 radical (unpaired) electrons. The van der Waals surface area contributed by atoms with Gasteiger partial charge in [0.2, 0.25) is 0 Å². The molecule has 4 nitrogen and oxygen atoms in total. The third kappa shape index (κ3) is 2.32. The summed E-state index contributed by atoms with van der Waals surface area (Å²) < 4.78 is 5.11. The van der Waals surface area contributed by atoms with Crippen molar-refractivity contribution in [2.45, 2.75) is 38.3 Å². The number of rotatable bonds is 1. The lowest BCUT2D eigenvalue weighted by atomic mass is 9.96. The van der Waals surface area contributed by atoms with Gasteiger partial charge in [0, 0.05) is 12.6 Å². The monoisotopic (exact) mass is 212 g/mol. The van der Waals surface area contributed by atoms with Crippen molar-refractivity contribution >= 4 is 5.97 Å². The van der Waals surface area contributed by atoms with Gasteiger partial charge in [-0.2, -0.15) is 0 Å². The Labute approximate surface area is 91.0 Å². The number of nitrogens with one attached hydrogen (secondary N) is 1. The topological polar surface area (TPSA) is 41.6 Å². The van der Waals surface area contributed by atoms with Crippen molar-refractivity contribution in [2.75, 3.05) is 26.2 Å². The predicted molar refractivity (Wildman–Crippen MR) is 57.6 cm³/mol. The molecule has 86 valence electrons. The molecule has 0 aromatic rings. The molecular weight excluding hydrogens is 192 g/mol. The zero-order valence-corrected chi connectivity index (χ0v) is 9.58. The van der Waals surface area contributed by atoms with Crippen LogP contribution in [-0.4, -0.2) is 48.7 Å². The minimum absolute atomic E-state index is 0.0163. The van der Waals surface area contributed by atoms with Gasteiger partial charge in [-0.25, -0.2) is 0 Å². The fourth-order valence-corrected chi connectivity index (χ4v) is 2.46. The van der Waals surface area contributed by atoms with Gasteiger partial charge in [-0.15, -0.1) is 0 Å². The van der Waals surface area contributed by atoms with E-state index in [1.807, 2.05) is 0 Å². The summed E-state index contributed by atoms with van der Waals surface area (Å²) in [6, 6.07) is 0.488. The highest BCUT2D eigenvalue weighted by Gasteiger charge is 2.39. The molecule has 2 fully saturated rings. The Morgan fingerprint density at radius 1 is 1.53 bits per heavy atom. The highest BCUT2D eigenvalue weighted by atomic mass is 16.5. The van der Waals surface area contributed by atoms with Gasteiger partial charge in [0.25, 0.3) is 0 Å². The number of morpholine rings is 1. The summed E-state index contributed by atoms with van der Waals surface area (Å²) in [5.41, 5.74) is -0.0163. The van der Waals surface area contributed by atoms with Gasteiger partial charge in [0.15, 0.2) is 0 Å². The van der Waals surface area contributed by atoms with E-state index in [1.54, 1.807) is 0 Å². The fraction of sp³-hybridized carbons (Fsp3) is 0.909. The zero-order chi connectivity index (χ0) is 10.9. The summed E-state index contributed by atoms with van der Waals surface area (Å²) in [6.45, 7) is 7.36. The van der Waals surface area contributed by atoms with Crippen LogP contribution in [0.25, 0.3) is 0 Å². The van der Waals surface area contributed by atoms with Gasteiger partial charge < -0.3 is 10.1 Å². The Morgan fingerprint density at radius 2 is 2.33 bits per heavy atom. The van der Waals surface area contributed by atoms with Crippen molar-refractivity contribution in [2.24, 2.45) is 0 Å². The molecule has 1 N–H and O–H groups in total. The molecule has 2 saturated heterocycles. The Balaban J connectivity index is 2.06. The molecule has 2 aliphatic rings. The Morgan fingerprint density at radius 3 is 3.00 bits per heavy atom. The van der Waals surface area contributed by atoms with E-state index in [0.29, 0.717) is 19.2 Å². The van der Waals surface area contributed by atoms with E-state index in [4.69, 9.17) is 4.74 Å². The minimum atomic E-state index is -0.0834. The first-order chi connectivity index (χ1) is 7.09. The molecule has 4 heteroatoms. The number of carbonyl (C=O) groups excluding carboxylic acids is 1. The second kappa shape index (κ2) is 4.10. The van der Waals surface area contributed by atoms with Crippen molar-refractivity contribution in [3.63, 3.8) is 0 Å². The number of piperidine rings is 1. The van der Waals surface area contributed by atoms with Crippen LogP contribution in [0.2, 0.25) is 0 Å². The number of hydrogen-bond donors (Lipinski definition) is 1. The summed E-state index contributed by atoms with van der Waals surface area (Å²) in [5.74, 6) is -0.0834. The fourth-order valence-electron chi connectivity index (χ4n) is 2.46. The van der Waals surface area contributed by atoms with Crippen molar-refractivity contribution < 1.29 is 9.53 Å². The maximum absolute atomic E-state index is 11.3. The van der Waals surface area contributed by atoms with E-state index >= 15 is 0 Å². The van der Waals surface area contributed by atoms with Crippen molar-refractivity contribution in [3.8, 4) is 0 Å². The van der Waals surface area contributed by atoms with Crippen LogP contribution in [0.3, 0.4) is 0 Å². The first-order valence-electron chi connectivity index (χ1n) is 5.73. The van der Waals surface area contributed by atoms with Crippen LogP contribution in [0.15, 0.2) is 0 Å². The summed E-state index contributed by atoms with van der Waals surface area (Å²) >= 11 is 0. The maximum atomic E-state index is 11.3. The molecule has 0 amide bonds. The molecule has 0 saturated carbocycles. The van der Waals surface area contributed by atoms with Crippen LogP contribution in [-0.2, 0) is 9.53 Å². The van der Waals surface area contributed by atoms with E-state index in [9.17, 15) is 4.79 Å². The van der Waals surface area contributed by atoms with Crippen molar-refractivity contribution in [1.82, 2.24) is 10.2 Å². The molecule has 0 aliphatic carbocycles. The summed E-state index contributed by atoms with van der Waals surface area (Å²) in [4.78, 5) is 13.6. The normalized spacial score (nSPS) is 32.4. The maximum Gasteiger partial charge on any atom is 0.320 e. The summed E-state index contributed by atoms with van der Waals surface area (Å²) in [5, 5.41) is 3.39. The van der Waals surface area contributed by atoms with Gasteiger partial charge >= 0.3 is 5.97 Å². The lowest BCUT2D eigenvalue weighted by Crippen LogP contribution is -2.61. The largest absolute Gasteiger partial charge is 0.463 e. The molecule has 0 bridgehead atoms. The lowest BCUT2D eigenvalue weighted by molar-refractivity contribution is -0.163. The average molecular weight is 212 g/mol. The van der Waals surface area contributed by atoms with E-state index in [1.165, 1.54) is 12.8 Å².